The van der Waals surface area contributed by atoms with Crippen LogP contribution in [-0.2, 0) is 6.54 Å². The van der Waals surface area contributed by atoms with E-state index >= 15 is 0 Å². The standard InChI is InChI=1S/C14H17N3O2S/c1-4-14(5-2,6-3)16-11(18)10-9-15-13-17(12(10)19)7-8-20-13/h1,9H,5-8H2,2-3H3,(H,16,18). The Morgan fingerprint density at radius 2 is 2.30 bits per heavy atom. The maximum absolute atomic E-state index is 12.3. The smallest absolute Gasteiger partial charge is 0.267 e. The lowest BCUT2D eigenvalue weighted by molar-refractivity contribution is 0.0913. The van der Waals surface area contributed by atoms with Crippen LogP contribution in [0.1, 0.15) is 37.0 Å². The molecule has 20 heavy (non-hydrogen) atoms. The summed E-state index contributed by atoms with van der Waals surface area (Å²) in [6, 6.07) is 0. The Hall–Kier alpha value is -1.74. The monoisotopic (exact) mass is 291 g/mol. The Labute approximate surface area is 122 Å². The first-order valence-electron chi connectivity index (χ1n) is 6.59. The van der Waals surface area contributed by atoms with Crippen LogP contribution in [0.4, 0.5) is 0 Å². The van der Waals surface area contributed by atoms with Crippen molar-refractivity contribution in [1.29, 1.82) is 0 Å². The lowest BCUT2D eigenvalue weighted by Gasteiger charge is -2.26. The molecule has 5 nitrogen and oxygen atoms in total. The van der Waals surface area contributed by atoms with Crippen LogP contribution in [0.25, 0.3) is 0 Å². The number of carbonyl (C=O) groups is 1. The third kappa shape index (κ3) is 2.46. The van der Waals surface area contributed by atoms with Crippen LogP contribution in [0, 0.1) is 12.3 Å². The van der Waals surface area contributed by atoms with E-state index in [9.17, 15) is 9.59 Å². The third-order valence-corrected chi connectivity index (χ3v) is 4.61. The van der Waals surface area contributed by atoms with Crippen molar-refractivity contribution in [3.05, 3.63) is 22.1 Å². The van der Waals surface area contributed by atoms with E-state index in [1.54, 1.807) is 0 Å². The fraction of sp³-hybridized carbons (Fsp3) is 0.500. The maximum Gasteiger partial charge on any atom is 0.267 e. The zero-order chi connectivity index (χ0) is 14.8. The molecule has 1 aromatic rings. The Kier molecular flexibility index (Phi) is 4.19. The van der Waals surface area contributed by atoms with Gasteiger partial charge in [-0.2, -0.15) is 0 Å². The first-order valence-corrected chi connectivity index (χ1v) is 7.58. The minimum absolute atomic E-state index is 0.0535. The molecule has 1 N–H and O–H groups in total. The topological polar surface area (TPSA) is 64.0 Å². The highest BCUT2D eigenvalue weighted by Crippen LogP contribution is 2.21. The number of fused-ring (bicyclic) bond motifs is 1. The Balaban J connectivity index is 2.32. The van der Waals surface area contributed by atoms with Gasteiger partial charge in [0, 0.05) is 18.5 Å². The van der Waals surface area contributed by atoms with E-state index in [4.69, 9.17) is 6.42 Å². The molecule has 0 spiro atoms. The SMILES string of the molecule is C#CC(CC)(CC)NC(=O)c1cnc2n(c1=O)CCS2. The summed E-state index contributed by atoms with van der Waals surface area (Å²) >= 11 is 1.52. The highest BCUT2D eigenvalue weighted by Gasteiger charge is 2.28. The van der Waals surface area contributed by atoms with E-state index in [2.05, 4.69) is 16.2 Å². The van der Waals surface area contributed by atoms with Gasteiger partial charge in [-0.15, -0.1) is 6.42 Å². The summed E-state index contributed by atoms with van der Waals surface area (Å²) in [7, 11) is 0. The van der Waals surface area contributed by atoms with Crippen LogP contribution < -0.4 is 10.9 Å². The normalized spacial score (nSPS) is 13.7. The van der Waals surface area contributed by atoms with Crippen LogP contribution >= 0.6 is 11.8 Å². The van der Waals surface area contributed by atoms with Gasteiger partial charge in [0.25, 0.3) is 11.5 Å². The van der Waals surface area contributed by atoms with Crippen molar-refractivity contribution in [3.63, 3.8) is 0 Å². The van der Waals surface area contributed by atoms with Crippen LogP contribution in [0.5, 0.6) is 0 Å². The van der Waals surface area contributed by atoms with Gasteiger partial charge in [-0.05, 0) is 12.8 Å². The van der Waals surface area contributed by atoms with Crippen LogP contribution in [0.15, 0.2) is 16.1 Å². The van der Waals surface area contributed by atoms with Gasteiger partial charge < -0.3 is 5.32 Å². The van der Waals surface area contributed by atoms with Crippen molar-refractivity contribution >= 4 is 17.7 Å². The summed E-state index contributed by atoms with van der Waals surface area (Å²) in [5.41, 5.74) is -0.949. The van der Waals surface area contributed by atoms with E-state index in [0.29, 0.717) is 24.5 Å². The molecule has 1 aliphatic rings. The van der Waals surface area contributed by atoms with Crippen molar-refractivity contribution in [3.8, 4) is 12.3 Å². The fourth-order valence-corrected chi connectivity index (χ4v) is 3.04. The average Bonchev–Trinajstić information content (AvgIpc) is 2.94. The third-order valence-electron chi connectivity index (χ3n) is 3.64. The Morgan fingerprint density at radius 3 is 2.90 bits per heavy atom. The molecule has 0 fully saturated rings. The number of thioether (sulfide) groups is 1. The lowest BCUT2D eigenvalue weighted by Crippen LogP contribution is -2.48. The first-order chi connectivity index (χ1) is 9.56. The summed E-state index contributed by atoms with van der Waals surface area (Å²) in [5.74, 6) is 2.99. The predicted molar refractivity (Wildman–Crippen MR) is 78.8 cm³/mol. The van der Waals surface area contributed by atoms with Gasteiger partial charge in [-0.1, -0.05) is 31.5 Å². The number of nitrogens with zero attached hydrogens (tertiary/aromatic N) is 2. The maximum atomic E-state index is 12.3. The van der Waals surface area contributed by atoms with E-state index in [1.165, 1.54) is 22.5 Å². The number of rotatable bonds is 4. The van der Waals surface area contributed by atoms with Gasteiger partial charge in [-0.3, -0.25) is 14.2 Å². The molecule has 0 aromatic carbocycles. The second-order valence-corrected chi connectivity index (χ2v) is 5.71. The van der Waals surface area contributed by atoms with E-state index in [0.717, 1.165) is 5.75 Å². The summed E-state index contributed by atoms with van der Waals surface area (Å²) in [6.45, 7) is 4.41. The first kappa shape index (κ1) is 14.7. The quantitative estimate of drug-likeness (QED) is 0.670. The van der Waals surface area contributed by atoms with Crippen molar-refractivity contribution in [2.45, 2.75) is 43.9 Å². The molecule has 0 saturated carbocycles. The van der Waals surface area contributed by atoms with Crippen molar-refractivity contribution < 1.29 is 4.79 Å². The number of carbonyl (C=O) groups excluding carboxylic acids is 1. The molecule has 2 rings (SSSR count). The van der Waals surface area contributed by atoms with E-state index in [1.807, 2.05) is 13.8 Å². The van der Waals surface area contributed by atoms with Gasteiger partial charge in [0.2, 0.25) is 0 Å². The lowest BCUT2D eigenvalue weighted by atomic mass is 9.93. The molecular weight excluding hydrogens is 274 g/mol. The Morgan fingerprint density at radius 1 is 1.60 bits per heavy atom. The highest BCUT2D eigenvalue weighted by atomic mass is 32.2. The Bertz CT molecular complexity index is 626. The van der Waals surface area contributed by atoms with Crippen LogP contribution in [0.3, 0.4) is 0 Å². The molecule has 1 aromatic heterocycles. The summed E-state index contributed by atoms with van der Waals surface area (Å²) in [4.78, 5) is 28.7. The van der Waals surface area contributed by atoms with Crippen molar-refractivity contribution in [2.75, 3.05) is 5.75 Å². The molecule has 0 unspecified atom stereocenters. The summed E-state index contributed by atoms with van der Waals surface area (Å²) in [5, 5.41) is 3.46. The van der Waals surface area contributed by atoms with Gasteiger partial charge in [0.1, 0.15) is 11.1 Å². The number of nitrogens with one attached hydrogen (secondary N) is 1. The molecule has 6 heteroatoms. The van der Waals surface area contributed by atoms with Crippen molar-refractivity contribution in [1.82, 2.24) is 14.9 Å². The highest BCUT2D eigenvalue weighted by molar-refractivity contribution is 7.99. The number of hydrogen-bond donors (Lipinski definition) is 1. The zero-order valence-electron chi connectivity index (χ0n) is 11.6. The molecule has 1 amide bonds. The van der Waals surface area contributed by atoms with E-state index in [-0.39, 0.29) is 11.1 Å². The number of terminal acetylenes is 1. The molecule has 1 aliphatic heterocycles. The number of hydrogen-bond acceptors (Lipinski definition) is 4. The summed E-state index contributed by atoms with van der Waals surface area (Å²) in [6.07, 6.45) is 8.08. The largest absolute Gasteiger partial charge is 0.336 e. The minimum Gasteiger partial charge on any atom is -0.336 e. The molecule has 0 radical (unpaired) electrons. The van der Waals surface area contributed by atoms with Gasteiger partial charge >= 0.3 is 0 Å². The molecule has 0 atom stereocenters. The van der Waals surface area contributed by atoms with Gasteiger partial charge in [-0.25, -0.2) is 4.98 Å². The molecular formula is C14H17N3O2S. The second kappa shape index (κ2) is 5.71. The van der Waals surface area contributed by atoms with Crippen LogP contribution in [-0.4, -0.2) is 26.8 Å². The average molecular weight is 291 g/mol. The second-order valence-electron chi connectivity index (χ2n) is 4.65. The minimum atomic E-state index is -0.706. The number of amides is 1. The summed E-state index contributed by atoms with van der Waals surface area (Å²) < 4.78 is 1.54. The van der Waals surface area contributed by atoms with E-state index < -0.39 is 11.4 Å². The molecule has 0 aliphatic carbocycles. The predicted octanol–water partition coefficient (Wildman–Crippen LogP) is 1.27. The molecule has 0 saturated heterocycles. The van der Waals surface area contributed by atoms with Gasteiger partial charge in [0.15, 0.2) is 5.16 Å². The zero-order valence-corrected chi connectivity index (χ0v) is 12.4. The molecule has 0 bridgehead atoms. The van der Waals surface area contributed by atoms with Gasteiger partial charge in [0.05, 0.1) is 0 Å². The molecule has 2 heterocycles. The van der Waals surface area contributed by atoms with Crippen LogP contribution in [0.2, 0.25) is 0 Å². The fourth-order valence-electron chi connectivity index (χ4n) is 2.12. The number of aromatic nitrogens is 2. The van der Waals surface area contributed by atoms with Crippen molar-refractivity contribution in [2.24, 2.45) is 0 Å². The molecule has 106 valence electrons.